The van der Waals surface area contributed by atoms with Crippen molar-refractivity contribution in [3.05, 3.63) is 36.4 Å². The number of hydrogen-bond acceptors (Lipinski definition) is 1. The van der Waals surface area contributed by atoms with Gasteiger partial charge in [0.2, 0.25) is 0 Å². The lowest BCUT2D eigenvalue weighted by molar-refractivity contribution is 0.475. The lowest BCUT2D eigenvalue weighted by Gasteiger charge is -1.90. The van der Waals surface area contributed by atoms with E-state index in [4.69, 9.17) is 5.11 Å². The predicted octanol–water partition coefficient (Wildman–Crippen LogP) is 1.21. The smallest absolute Gasteiger partial charge is 0.115 e. The van der Waals surface area contributed by atoms with Crippen molar-refractivity contribution in [2.24, 2.45) is 0 Å². The molecule has 0 spiro atoms. The van der Waals surface area contributed by atoms with E-state index in [9.17, 15) is 0 Å². The van der Waals surface area contributed by atoms with Crippen LogP contribution in [0.25, 0.3) is 6.08 Å². The summed E-state index contributed by atoms with van der Waals surface area (Å²) in [5.74, 6) is 0.292. The van der Waals surface area contributed by atoms with Crippen molar-refractivity contribution in [1.29, 1.82) is 0 Å². The third kappa shape index (κ3) is 1.91. The maximum atomic E-state index is 8.82. The molecule has 1 aromatic rings. The molecule has 10 heavy (non-hydrogen) atoms. The number of phenolic OH excluding ortho intramolecular Hbond substituents is 1. The van der Waals surface area contributed by atoms with Gasteiger partial charge in [-0.05, 0) is 17.7 Å². The molecular weight excluding hydrogens is 128 g/mol. The zero-order valence-electron chi connectivity index (χ0n) is 5.54. The second-order valence-corrected chi connectivity index (χ2v) is 1.80. The van der Waals surface area contributed by atoms with Gasteiger partial charge in [-0.25, -0.2) is 0 Å². The molecule has 0 atom stereocenters. The second kappa shape index (κ2) is 3.69. The number of hydrogen-bond donors (Lipinski definition) is 1. The average molecular weight is 138 g/mol. The van der Waals surface area contributed by atoms with Crippen LogP contribution in [0, 0.1) is 0 Å². The first-order valence-electron chi connectivity index (χ1n) is 2.74. The molecule has 0 aromatic heterocycles. The summed E-state index contributed by atoms with van der Waals surface area (Å²) < 4.78 is 0. The van der Waals surface area contributed by atoms with Crippen molar-refractivity contribution in [3.8, 4) is 5.75 Å². The van der Waals surface area contributed by atoms with Gasteiger partial charge >= 0.3 is 0 Å². The van der Waals surface area contributed by atoms with Gasteiger partial charge in [0, 0.05) is 0 Å². The molecule has 2 heteroatoms. The van der Waals surface area contributed by atoms with Crippen LogP contribution in [0.3, 0.4) is 0 Å². The minimum absolute atomic E-state index is 0. The fourth-order valence-electron chi connectivity index (χ4n) is 0.610. The van der Waals surface area contributed by atoms with Gasteiger partial charge in [-0.1, -0.05) is 24.8 Å². The Labute approximate surface area is 59.7 Å². The molecular formula is C8H10O2. The normalized spacial score (nSPS) is 8.00. The second-order valence-electron chi connectivity index (χ2n) is 1.80. The summed E-state index contributed by atoms with van der Waals surface area (Å²) >= 11 is 0. The minimum Gasteiger partial charge on any atom is -0.508 e. The van der Waals surface area contributed by atoms with Crippen molar-refractivity contribution in [3.63, 3.8) is 0 Å². The lowest BCUT2D eigenvalue weighted by atomic mass is 10.2. The molecule has 0 bridgehead atoms. The summed E-state index contributed by atoms with van der Waals surface area (Å²) in [6.07, 6.45) is 1.74. The van der Waals surface area contributed by atoms with Crippen molar-refractivity contribution >= 4 is 6.08 Å². The van der Waals surface area contributed by atoms with Gasteiger partial charge < -0.3 is 10.6 Å². The number of benzene rings is 1. The summed E-state index contributed by atoms with van der Waals surface area (Å²) in [5, 5.41) is 8.82. The van der Waals surface area contributed by atoms with Crippen LogP contribution in [-0.4, -0.2) is 10.6 Å². The first kappa shape index (κ1) is 8.72. The van der Waals surface area contributed by atoms with E-state index >= 15 is 0 Å². The van der Waals surface area contributed by atoms with E-state index in [0.29, 0.717) is 5.75 Å². The van der Waals surface area contributed by atoms with Crippen molar-refractivity contribution in [1.82, 2.24) is 0 Å². The zero-order valence-corrected chi connectivity index (χ0v) is 5.54. The van der Waals surface area contributed by atoms with Crippen LogP contribution in [0.2, 0.25) is 0 Å². The Bertz CT molecular complexity index is 201. The summed E-state index contributed by atoms with van der Waals surface area (Å²) in [5.41, 5.74) is 1.02. The Morgan fingerprint density at radius 1 is 1.20 bits per heavy atom. The van der Waals surface area contributed by atoms with Crippen LogP contribution in [0.5, 0.6) is 5.75 Å². The van der Waals surface area contributed by atoms with Crippen molar-refractivity contribution < 1.29 is 10.6 Å². The molecule has 0 aliphatic carbocycles. The standard InChI is InChI=1S/C8H8O.H2O/c1-2-7-3-5-8(9)6-4-7;/h2-6,9H,1H2;1H2. The molecule has 3 N–H and O–H groups in total. The van der Waals surface area contributed by atoms with Crippen LogP contribution >= 0.6 is 0 Å². The van der Waals surface area contributed by atoms with Crippen LogP contribution in [0.15, 0.2) is 30.8 Å². The minimum atomic E-state index is 0. The highest BCUT2D eigenvalue weighted by atomic mass is 16.3. The molecule has 1 rings (SSSR count). The zero-order chi connectivity index (χ0) is 6.69. The van der Waals surface area contributed by atoms with Crippen LogP contribution in [0.1, 0.15) is 5.56 Å². The SMILES string of the molecule is C=Cc1ccc(O)cc1.O. The molecule has 0 amide bonds. The maximum absolute atomic E-state index is 8.82. The van der Waals surface area contributed by atoms with Crippen LogP contribution in [-0.2, 0) is 0 Å². The summed E-state index contributed by atoms with van der Waals surface area (Å²) in [4.78, 5) is 0. The highest BCUT2D eigenvalue weighted by molar-refractivity contribution is 5.47. The molecule has 0 heterocycles. The Hall–Kier alpha value is -1.28. The molecule has 0 aliphatic rings. The Balaban J connectivity index is 0.000000810. The first-order valence-corrected chi connectivity index (χ1v) is 2.74. The molecule has 0 fully saturated rings. The quantitative estimate of drug-likeness (QED) is 0.623. The van der Waals surface area contributed by atoms with E-state index < -0.39 is 0 Å². The van der Waals surface area contributed by atoms with Gasteiger partial charge in [0.1, 0.15) is 5.75 Å². The highest BCUT2D eigenvalue weighted by Gasteiger charge is 1.84. The molecule has 0 radical (unpaired) electrons. The molecule has 0 unspecified atom stereocenters. The molecule has 54 valence electrons. The molecule has 0 saturated carbocycles. The molecule has 0 saturated heterocycles. The summed E-state index contributed by atoms with van der Waals surface area (Å²) in [6, 6.07) is 6.89. The van der Waals surface area contributed by atoms with Gasteiger partial charge in [0.15, 0.2) is 0 Å². The monoisotopic (exact) mass is 138 g/mol. The largest absolute Gasteiger partial charge is 0.508 e. The van der Waals surface area contributed by atoms with E-state index in [2.05, 4.69) is 6.58 Å². The number of rotatable bonds is 1. The fourth-order valence-corrected chi connectivity index (χ4v) is 0.610. The van der Waals surface area contributed by atoms with Gasteiger partial charge in [0.25, 0.3) is 0 Å². The third-order valence-electron chi connectivity index (χ3n) is 1.13. The van der Waals surface area contributed by atoms with E-state index in [0.717, 1.165) is 5.56 Å². The Morgan fingerprint density at radius 3 is 2.10 bits per heavy atom. The molecule has 1 aromatic carbocycles. The Morgan fingerprint density at radius 2 is 1.70 bits per heavy atom. The number of aromatic hydroxyl groups is 1. The van der Waals surface area contributed by atoms with Crippen molar-refractivity contribution in [2.75, 3.05) is 0 Å². The molecule has 0 aliphatic heterocycles. The van der Waals surface area contributed by atoms with E-state index in [1.54, 1.807) is 18.2 Å². The maximum Gasteiger partial charge on any atom is 0.115 e. The van der Waals surface area contributed by atoms with E-state index in [-0.39, 0.29) is 5.48 Å². The summed E-state index contributed by atoms with van der Waals surface area (Å²) in [7, 11) is 0. The van der Waals surface area contributed by atoms with Crippen LogP contribution in [0.4, 0.5) is 0 Å². The van der Waals surface area contributed by atoms with E-state index in [1.807, 2.05) is 12.1 Å². The van der Waals surface area contributed by atoms with Crippen molar-refractivity contribution in [2.45, 2.75) is 0 Å². The van der Waals surface area contributed by atoms with Gasteiger partial charge in [-0.15, -0.1) is 0 Å². The number of phenols is 1. The van der Waals surface area contributed by atoms with Crippen LogP contribution < -0.4 is 0 Å². The third-order valence-corrected chi connectivity index (χ3v) is 1.13. The molecule has 2 nitrogen and oxygen atoms in total. The average Bonchev–Trinajstić information content (AvgIpc) is 1.90. The lowest BCUT2D eigenvalue weighted by Crippen LogP contribution is -1.67. The van der Waals surface area contributed by atoms with Gasteiger partial charge in [-0.3, -0.25) is 0 Å². The topological polar surface area (TPSA) is 51.7 Å². The first-order chi connectivity index (χ1) is 4.33. The van der Waals surface area contributed by atoms with E-state index in [1.165, 1.54) is 0 Å². The predicted molar refractivity (Wildman–Crippen MR) is 41.8 cm³/mol. The summed E-state index contributed by atoms with van der Waals surface area (Å²) in [6.45, 7) is 3.58. The van der Waals surface area contributed by atoms with Gasteiger partial charge in [-0.2, -0.15) is 0 Å². The highest BCUT2D eigenvalue weighted by Crippen LogP contribution is 2.09. The van der Waals surface area contributed by atoms with Gasteiger partial charge in [0.05, 0.1) is 0 Å². The fraction of sp³-hybridized carbons (Fsp3) is 0. The Kier molecular flexibility index (Phi) is 3.22.